The van der Waals surface area contributed by atoms with Gasteiger partial charge in [-0.05, 0) is 42.8 Å². The molecule has 1 N–H and O–H groups in total. The van der Waals surface area contributed by atoms with Crippen LogP contribution >= 0.6 is 11.3 Å². The van der Waals surface area contributed by atoms with Gasteiger partial charge in [-0.15, -0.1) is 11.3 Å². The van der Waals surface area contributed by atoms with E-state index in [-0.39, 0.29) is 29.1 Å². The van der Waals surface area contributed by atoms with Crippen molar-refractivity contribution < 1.29 is 23.4 Å². The Labute approximate surface area is 207 Å². The maximum Gasteiger partial charge on any atom is 0.263 e. The molecule has 5 rings (SSSR count). The minimum Gasteiger partial charge on any atom is -0.367 e. The summed E-state index contributed by atoms with van der Waals surface area (Å²) < 4.78 is 55.2. The Kier molecular flexibility index (Phi) is 6.43. The molecule has 2 fully saturated rings. The van der Waals surface area contributed by atoms with E-state index in [1.54, 1.807) is 33.4 Å². The number of anilines is 3. The second-order valence-electron chi connectivity index (χ2n) is 8.33. The van der Waals surface area contributed by atoms with Crippen molar-refractivity contribution in [1.82, 2.24) is 9.88 Å². The first kappa shape index (κ1) is 23.6. The predicted molar refractivity (Wildman–Crippen MR) is 132 cm³/mol. The summed E-state index contributed by atoms with van der Waals surface area (Å²) in [4.78, 5) is 22.7. The van der Waals surface area contributed by atoms with E-state index in [0.29, 0.717) is 44.8 Å². The molecule has 1 amide bonds. The van der Waals surface area contributed by atoms with Crippen molar-refractivity contribution in [1.29, 1.82) is 0 Å². The molecule has 35 heavy (non-hydrogen) atoms. The number of sulfonamides is 1. The number of amides is 1. The van der Waals surface area contributed by atoms with Crippen molar-refractivity contribution >= 4 is 43.8 Å². The minimum absolute atomic E-state index is 0. The molecule has 8 nitrogen and oxygen atoms in total. The van der Waals surface area contributed by atoms with E-state index in [4.69, 9.17) is 0 Å². The smallest absolute Gasteiger partial charge is 0.263 e. The zero-order valence-electron chi connectivity index (χ0n) is 18.6. The van der Waals surface area contributed by atoms with Crippen molar-refractivity contribution in [2.75, 3.05) is 47.2 Å². The third-order valence-corrected chi connectivity index (χ3v) is 8.49. The molecule has 2 aromatic carbocycles. The molecule has 0 saturated carbocycles. The zero-order chi connectivity index (χ0) is 24.6. The van der Waals surface area contributed by atoms with E-state index < -0.39 is 21.7 Å². The number of halogens is 2. The van der Waals surface area contributed by atoms with Crippen LogP contribution in [0, 0.1) is 11.6 Å². The Balaban J connectivity index is 0.00000304. The average molecular weight is 522 g/mol. The summed E-state index contributed by atoms with van der Waals surface area (Å²) >= 11 is 1.18. The van der Waals surface area contributed by atoms with Gasteiger partial charge in [-0.25, -0.2) is 22.2 Å². The molecule has 2 aliphatic heterocycles. The molecule has 2 aliphatic rings. The molecular weight excluding hydrogens is 496 g/mol. The summed E-state index contributed by atoms with van der Waals surface area (Å²) in [5.74, 6) is -1.77. The van der Waals surface area contributed by atoms with E-state index in [0.717, 1.165) is 6.07 Å². The molecule has 0 aliphatic carbocycles. The number of nitrogens with one attached hydrogen (secondary N) is 1. The Morgan fingerprint density at radius 1 is 1.03 bits per heavy atom. The number of hydrogen-bond acceptors (Lipinski definition) is 7. The summed E-state index contributed by atoms with van der Waals surface area (Å²) in [5, 5.41) is 1.96. The Hall–Kier alpha value is -3.09. The van der Waals surface area contributed by atoms with Gasteiger partial charge in [0.2, 0.25) is 5.91 Å². The fraction of sp³-hybridized carbons (Fsp3) is 0.304. The van der Waals surface area contributed by atoms with Crippen LogP contribution in [-0.2, 0) is 14.8 Å². The molecule has 186 valence electrons. The summed E-state index contributed by atoms with van der Waals surface area (Å²) in [6.07, 6.45) is 2.15. The lowest BCUT2D eigenvalue weighted by atomic mass is 10.1. The van der Waals surface area contributed by atoms with Crippen LogP contribution in [0.2, 0.25) is 0 Å². The lowest BCUT2D eigenvalue weighted by Crippen LogP contribution is -2.52. The van der Waals surface area contributed by atoms with Crippen LogP contribution in [0.15, 0.2) is 58.9 Å². The zero-order valence-corrected chi connectivity index (χ0v) is 20.2. The molecule has 0 spiro atoms. The van der Waals surface area contributed by atoms with Gasteiger partial charge >= 0.3 is 0 Å². The van der Waals surface area contributed by atoms with Crippen molar-refractivity contribution in [2.45, 2.75) is 17.4 Å². The van der Waals surface area contributed by atoms with Gasteiger partial charge in [-0.1, -0.05) is 6.07 Å². The minimum atomic E-state index is -3.77. The highest BCUT2D eigenvalue weighted by Crippen LogP contribution is 2.28. The Bertz CT molecular complexity index is 1320. The molecule has 1 atom stereocenters. The maximum atomic E-state index is 14.1. The second kappa shape index (κ2) is 9.51. The van der Waals surface area contributed by atoms with Crippen LogP contribution in [0.3, 0.4) is 0 Å². The van der Waals surface area contributed by atoms with Crippen LogP contribution in [0.1, 0.15) is 7.85 Å². The second-order valence-corrected chi connectivity index (χ2v) is 10.9. The van der Waals surface area contributed by atoms with Gasteiger partial charge in [-0.3, -0.25) is 14.4 Å². The number of aromatic nitrogens is 1. The van der Waals surface area contributed by atoms with Crippen LogP contribution in [0.4, 0.5) is 25.3 Å². The molecule has 3 aromatic rings. The monoisotopic (exact) mass is 521 g/mol. The number of thiazole rings is 1. The topological polar surface area (TPSA) is 85.9 Å². The Morgan fingerprint density at radius 3 is 2.46 bits per heavy atom. The number of carbonyl (C=O) groups excluding carboxylic acids is 1. The highest BCUT2D eigenvalue weighted by atomic mass is 32.2. The van der Waals surface area contributed by atoms with Crippen LogP contribution < -0.4 is 14.5 Å². The number of piperazine rings is 1. The van der Waals surface area contributed by atoms with Gasteiger partial charge < -0.3 is 9.80 Å². The molecular formula is C23H25F2N5O3S2. The van der Waals surface area contributed by atoms with Gasteiger partial charge in [0, 0.05) is 51.4 Å². The highest BCUT2D eigenvalue weighted by molar-refractivity contribution is 7.93. The van der Waals surface area contributed by atoms with E-state index in [9.17, 15) is 22.0 Å². The Morgan fingerprint density at radius 2 is 1.77 bits per heavy atom. The SMILES string of the molecule is O=C1[C@@H](N2CCN(c3cccc(F)c3F)CC2)CCN1c1ccc(S(=O)(=O)Nc2nccs2)cc1.[HH]. The number of rotatable bonds is 6. The van der Waals surface area contributed by atoms with Crippen LogP contribution in [-0.4, -0.2) is 63.0 Å². The van der Waals surface area contributed by atoms with Gasteiger partial charge in [0.15, 0.2) is 16.8 Å². The normalized spacial score (nSPS) is 19.4. The van der Waals surface area contributed by atoms with E-state index in [2.05, 4.69) is 14.6 Å². The molecule has 12 heteroatoms. The average Bonchev–Trinajstić information content (AvgIpc) is 3.50. The first-order chi connectivity index (χ1) is 16.8. The van der Waals surface area contributed by atoms with Crippen molar-refractivity contribution in [2.24, 2.45) is 0 Å². The predicted octanol–water partition coefficient (Wildman–Crippen LogP) is 3.40. The van der Waals surface area contributed by atoms with Crippen LogP contribution in [0.25, 0.3) is 0 Å². The summed E-state index contributed by atoms with van der Waals surface area (Å²) in [7, 11) is -3.77. The standard InChI is InChI=1S/C23H23F2N5O3S2.H2/c24-18-2-1-3-19(21(18)25)28-11-13-29(14-12-28)20-8-10-30(22(20)31)16-4-6-17(7-5-16)35(32,33)27-23-26-9-15-34-23;/h1-7,9,15,20H,8,10-14H2,(H,26,27);1H/t20-;/m0./s1. The summed E-state index contributed by atoms with van der Waals surface area (Å²) in [6, 6.07) is 10.0. The third kappa shape index (κ3) is 4.73. The number of benzene rings is 2. The lowest BCUT2D eigenvalue weighted by molar-refractivity contribution is -0.121. The summed E-state index contributed by atoms with van der Waals surface area (Å²) in [6.45, 7) is 2.61. The number of carbonyl (C=O) groups is 1. The maximum absolute atomic E-state index is 14.1. The quantitative estimate of drug-likeness (QED) is 0.535. The fourth-order valence-corrected chi connectivity index (χ4v) is 6.31. The number of hydrogen-bond donors (Lipinski definition) is 1. The van der Waals surface area contributed by atoms with Crippen LogP contribution in [0.5, 0.6) is 0 Å². The molecule has 3 heterocycles. The van der Waals surface area contributed by atoms with Gasteiger partial charge in [0.25, 0.3) is 10.0 Å². The largest absolute Gasteiger partial charge is 0.367 e. The van der Waals surface area contributed by atoms with Crippen molar-refractivity contribution in [3.63, 3.8) is 0 Å². The van der Waals surface area contributed by atoms with E-state index in [1.807, 2.05) is 0 Å². The molecule has 0 unspecified atom stereocenters. The molecule has 1 aromatic heterocycles. The van der Waals surface area contributed by atoms with Gasteiger partial charge in [-0.2, -0.15) is 0 Å². The molecule has 0 bridgehead atoms. The first-order valence-electron chi connectivity index (χ1n) is 11.1. The summed E-state index contributed by atoms with van der Waals surface area (Å²) in [5.41, 5.74) is 0.870. The van der Waals surface area contributed by atoms with Gasteiger partial charge in [0.05, 0.1) is 16.6 Å². The lowest BCUT2D eigenvalue weighted by Gasteiger charge is -2.38. The van der Waals surface area contributed by atoms with Crippen molar-refractivity contribution in [3.8, 4) is 0 Å². The first-order valence-corrected chi connectivity index (χ1v) is 13.5. The third-order valence-electron chi connectivity index (χ3n) is 6.32. The van der Waals surface area contributed by atoms with E-state index in [1.165, 1.54) is 35.7 Å². The van der Waals surface area contributed by atoms with E-state index >= 15 is 0 Å². The highest BCUT2D eigenvalue weighted by Gasteiger charge is 2.38. The van der Waals surface area contributed by atoms with Gasteiger partial charge in [0.1, 0.15) is 0 Å². The molecule has 0 radical (unpaired) electrons. The fourth-order valence-electron chi connectivity index (χ4n) is 4.52. The molecule has 2 saturated heterocycles. The number of nitrogens with zero attached hydrogens (tertiary/aromatic N) is 4. The van der Waals surface area contributed by atoms with Crippen molar-refractivity contribution in [3.05, 3.63) is 65.7 Å².